The summed E-state index contributed by atoms with van der Waals surface area (Å²) in [5, 5.41) is 2.27. The predicted molar refractivity (Wildman–Crippen MR) is 124 cm³/mol. The molecule has 9 nitrogen and oxygen atoms in total. The zero-order valence-corrected chi connectivity index (χ0v) is 19.1. The maximum absolute atomic E-state index is 14.9. The number of aromatic nitrogens is 1. The van der Waals surface area contributed by atoms with E-state index >= 15 is 0 Å². The van der Waals surface area contributed by atoms with E-state index < -0.39 is 23.3 Å². The molecular formula is C21H21ClFN5O4S. The Bertz CT molecular complexity index is 1070. The van der Waals surface area contributed by atoms with Gasteiger partial charge < -0.3 is 19.9 Å². The van der Waals surface area contributed by atoms with Crippen LogP contribution in [0.2, 0.25) is 5.15 Å². The molecule has 2 aliphatic heterocycles. The van der Waals surface area contributed by atoms with Gasteiger partial charge in [-0.1, -0.05) is 24.2 Å². The summed E-state index contributed by atoms with van der Waals surface area (Å²) in [4.78, 5) is 44.5. The van der Waals surface area contributed by atoms with E-state index in [4.69, 9.17) is 16.3 Å². The molecule has 1 aromatic carbocycles. The van der Waals surface area contributed by atoms with Crippen molar-refractivity contribution in [2.24, 2.45) is 0 Å². The summed E-state index contributed by atoms with van der Waals surface area (Å²) in [5.41, 5.74) is 1.21. The van der Waals surface area contributed by atoms with Crippen molar-refractivity contribution in [3.8, 4) is 0 Å². The van der Waals surface area contributed by atoms with Gasteiger partial charge in [-0.2, -0.15) is 0 Å². The fraction of sp³-hybridized carbons (Fsp3) is 0.333. The van der Waals surface area contributed by atoms with Crippen LogP contribution in [0.4, 0.5) is 25.4 Å². The molecule has 2 aliphatic rings. The number of pyridine rings is 1. The average Bonchev–Trinajstić information content (AvgIpc) is 3.18. The van der Waals surface area contributed by atoms with Gasteiger partial charge in [-0.25, -0.2) is 14.2 Å². The maximum Gasteiger partial charge on any atom is 0.414 e. The van der Waals surface area contributed by atoms with Gasteiger partial charge in [-0.15, -0.1) is 0 Å². The highest BCUT2D eigenvalue weighted by Crippen LogP contribution is 2.28. The number of ether oxygens (including phenoxy) is 1. The average molecular weight is 494 g/mol. The van der Waals surface area contributed by atoms with Crippen LogP contribution in [0.5, 0.6) is 0 Å². The molecule has 4 rings (SSSR count). The highest BCUT2D eigenvalue weighted by Gasteiger charge is 2.33. The number of amides is 3. The van der Waals surface area contributed by atoms with Crippen LogP contribution in [-0.4, -0.2) is 72.5 Å². The van der Waals surface area contributed by atoms with Crippen LogP contribution >= 0.6 is 24.2 Å². The number of nitrogens with one attached hydrogen (secondary N) is 1. The second-order valence-corrected chi connectivity index (χ2v) is 8.38. The Morgan fingerprint density at radius 2 is 1.97 bits per heavy atom. The summed E-state index contributed by atoms with van der Waals surface area (Å²) in [6.45, 7) is 2.09. The number of rotatable bonds is 5. The molecule has 1 aromatic heterocycles. The maximum atomic E-state index is 14.9. The molecule has 0 saturated carbocycles. The second kappa shape index (κ2) is 9.84. The highest BCUT2D eigenvalue weighted by atomic mass is 35.5. The lowest BCUT2D eigenvalue weighted by Crippen LogP contribution is -2.49. The lowest BCUT2D eigenvalue weighted by Gasteiger charge is -2.36. The minimum absolute atomic E-state index is 0.125. The zero-order valence-electron chi connectivity index (χ0n) is 17.4. The molecule has 0 spiro atoms. The van der Waals surface area contributed by atoms with Gasteiger partial charge in [-0.05, 0) is 30.3 Å². The Kier molecular flexibility index (Phi) is 6.89. The number of hydrogen-bond donors (Lipinski definition) is 2. The number of hydrogen-bond acceptors (Lipinski definition) is 6. The van der Waals surface area contributed by atoms with Crippen LogP contribution in [0.25, 0.3) is 0 Å². The summed E-state index contributed by atoms with van der Waals surface area (Å²) < 4.78 is 20.1. The molecule has 0 bridgehead atoms. The monoisotopic (exact) mass is 493 g/mol. The van der Waals surface area contributed by atoms with Crippen LogP contribution in [0.15, 0.2) is 36.5 Å². The molecule has 1 N–H and O–H groups in total. The minimum atomic E-state index is -0.607. The molecule has 2 saturated heterocycles. The van der Waals surface area contributed by atoms with Crippen LogP contribution in [0.1, 0.15) is 10.4 Å². The van der Waals surface area contributed by atoms with Gasteiger partial charge in [-0.3, -0.25) is 14.5 Å². The standard InChI is InChI=1S/C21H21ClFN5O4S/c22-18-4-1-13(10-24-18)19(29)27-7-5-26(6-8-27)17-3-2-14(9-16(17)23)28-12-15(32-21(28)31)11-25-20(30)33/h1-4,9-10,15H,5-8,11-12H2,(H2,25,30,33). The zero-order chi connectivity index (χ0) is 23.5. The molecular weight excluding hydrogens is 473 g/mol. The van der Waals surface area contributed by atoms with E-state index in [1.807, 2.05) is 4.90 Å². The van der Waals surface area contributed by atoms with Gasteiger partial charge in [0.2, 0.25) is 0 Å². The first-order chi connectivity index (χ1) is 15.8. The van der Waals surface area contributed by atoms with Gasteiger partial charge >= 0.3 is 6.09 Å². The van der Waals surface area contributed by atoms with Gasteiger partial charge in [0.25, 0.3) is 11.1 Å². The first-order valence-corrected chi connectivity index (χ1v) is 11.0. The lowest BCUT2D eigenvalue weighted by atomic mass is 10.2. The molecule has 12 heteroatoms. The molecule has 1 unspecified atom stereocenters. The molecule has 2 fully saturated rings. The van der Waals surface area contributed by atoms with Crippen LogP contribution in [0.3, 0.4) is 0 Å². The molecule has 2 aromatic rings. The number of anilines is 2. The third kappa shape index (κ3) is 5.31. The van der Waals surface area contributed by atoms with Crippen LogP contribution in [0, 0.1) is 5.82 Å². The summed E-state index contributed by atoms with van der Waals surface area (Å²) >= 11 is 9.38. The van der Waals surface area contributed by atoms with Crippen molar-refractivity contribution >= 4 is 52.8 Å². The fourth-order valence-corrected chi connectivity index (χ4v) is 4.00. The summed E-state index contributed by atoms with van der Waals surface area (Å²) in [7, 11) is 0. The predicted octanol–water partition coefficient (Wildman–Crippen LogP) is 2.80. The van der Waals surface area contributed by atoms with E-state index in [-0.39, 0.29) is 19.0 Å². The van der Waals surface area contributed by atoms with Crippen molar-refractivity contribution in [1.29, 1.82) is 0 Å². The summed E-state index contributed by atoms with van der Waals surface area (Å²) in [5.74, 6) is -0.625. The Hall–Kier alpha value is -3.05. The first-order valence-electron chi connectivity index (χ1n) is 10.2. The first kappa shape index (κ1) is 23.1. The largest absolute Gasteiger partial charge is 0.442 e. The van der Waals surface area contributed by atoms with E-state index in [0.29, 0.717) is 48.3 Å². The van der Waals surface area contributed by atoms with Crippen molar-refractivity contribution in [1.82, 2.24) is 15.2 Å². The molecule has 0 aliphatic carbocycles. The SMILES string of the molecule is O=C(S)NCC1CN(c2ccc(N3CCN(C(=O)c4ccc(Cl)nc4)CC3)c(F)c2)C(=O)O1. The third-order valence-electron chi connectivity index (χ3n) is 5.48. The quantitative estimate of drug-likeness (QED) is 0.491. The normalized spacial score (nSPS) is 18.3. The summed E-state index contributed by atoms with van der Waals surface area (Å²) in [6, 6.07) is 7.74. The van der Waals surface area contributed by atoms with Crippen LogP contribution in [-0.2, 0) is 4.74 Å². The molecule has 1 atom stereocenters. The Labute approximate surface area is 199 Å². The number of thiol groups is 1. The number of piperazine rings is 1. The minimum Gasteiger partial charge on any atom is -0.442 e. The molecule has 3 heterocycles. The van der Waals surface area contributed by atoms with E-state index in [1.54, 1.807) is 29.2 Å². The number of carbonyl (C=O) groups excluding carboxylic acids is 3. The van der Waals surface area contributed by atoms with Gasteiger partial charge in [0, 0.05) is 32.4 Å². The molecule has 174 valence electrons. The van der Waals surface area contributed by atoms with Gasteiger partial charge in [0.1, 0.15) is 17.1 Å². The summed E-state index contributed by atoms with van der Waals surface area (Å²) in [6.07, 6.45) is 0.289. The van der Waals surface area contributed by atoms with Gasteiger partial charge in [0.15, 0.2) is 0 Å². The van der Waals surface area contributed by atoms with Crippen LogP contribution < -0.4 is 15.1 Å². The smallest absolute Gasteiger partial charge is 0.414 e. The highest BCUT2D eigenvalue weighted by molar-refractivity contribution is 7.96. The number of carbonyl (C=O) groups is 3. The Morgan fingerprint density at radius 1 is 1.21 bits per heavy atom. The van der Waals surface area contributed by atoms with Crippen molar-refractivity contribution in [3.05, 3.63) is 53.1 Å². The number of cyclic esters (lactones) is 1. The van der Waals surface area contributed by atoms with E-state index in [2.05, 4.69) is 22.9 Å². The Balaban J connectivity index is 1.37. The molecule has 33 heavy (non-hydrogen) atoms. The van der Waals surface area contributed by atoms with Crippen molar-refractivity contribution < 1.29 is 23.5 Å². The number of benzene rings is 1. The molecule has 3 amide bonds. The van der Waals surface area contributed by atoms with Crippen molar-refractivity contribution in [2.45, 2.75) is 6.10 Å². The van der Waals surface area contributed by atoms with Crippen molar-refractivity contribution in [2.75, 3.05) is 49.1 Å². The number of halogens is 2. The van der Waals surface area contributed by atoms with E-state index in [9.17, 15) is 18.8 Å². The second-order valence-electron chi connectivity index (χ2n) is 7.59. The lowest BCUT2D eigenvalue weighted by molar-refractivity contribution is 0.0746. The fourth-order valence-electron chi connectivity index (χ4n) is 3.80. The molecule has 0 radical (unpaired) electrons. The van der Waals surface area contributed by atoms with E-state index in [1.165, 1.54) is 17.2 Å². The third-order valence-corrected chi connectivity index (χ3v) is 5.86. The number of nitrogens with zero attached hydrogens (tertiary/aromatic N) is 4. The van der Waals surface area contributed by atoms with E-state index in [0.717, 1.165) is 0 Å². The Morgan fingerprint density at radius 3 is 2.61 bits per heavy atom. The van der Waals surface area contributed by atoms with Gasteiger partial charge in [0.05, 0.1) is 30.0 Å². The van der Waals surface area contributed by atoms with Crippen molar-refractivity contribution in [3.63, 3.8) is 0 Å². The topological polar surface area (TPSA) is 95.1 Å².